The van der Waals surface area contributed by atoms with Gasteiger partial charge in [0.25, 0.3) is 0 Å². The number of phosphoric acid groups is 2. The van der Waals surface area contributed by atoms with Crippen molar-refractivity contribution in [2.45, 2.75) is 380 Å². The topological polar surface area (TPSA) is 237 Å². The van der Waals surface area contributed by atoms with Gasteiger partial charge in [-0.05, 0) is 83.0 Å². The van der Waals surface area contributed by atoms with E-state index in [1.54, 1.807) is 0 Å². The molecule has 0 aromatic heterocycles. The second kappa shape index (κ2) is 70.1. The smallest absolute Gasteiger partial charge is 0.462 e. The molecule has 0 saturated heterocycles. The summed E-state index contributed by atoms with van der Waals surface area (Å²) in [4.78, 5) is 72.5. The van der Waals surface area contributed by atoms with Crippen molar-refractivity contribution in [1.29, 1.82) is 0 Å². The number of aliphatic hydroxyl groups is 1. The minimum absolute atomic E-state index is 0.0819. The molecule has 0 spiro atoms. The molecule has 3 N–H and O–H groups in total. The lowest BCUT2D eigenvalue weighted by molar-refractivity contribution is -0.161. The molecule has 0 aliphatic rings. The Morgan fingerprint density at radius 2 is 0.577 bits per heavy atom. The highest BCUT2D eigenvalue weighted by molar-refractivity contribution is 7.47. The maximum atomic E-state index is 13.1. The second-order valence-electron chi connectivity index (χ2n) is 27.0. The van der Waals surface area contributed by atoms with Crippen LogP contribution in [0, 0.1) is 5.92 Å². The molecule has 0 aromatic carbocycles. The Labute approximate surface area is 591 Å². The highest BCUT2D eigenvalue weighted by Crippen LogP contribution is 2.45. The van der Waals surface area contributed by atoms with Crippen LogP contribution in [0.25, 0.3) is 0 Å². The standard InChI is InChI=1S/C78H144O17P2/c1-6-10-13-16-18-20-22-24-30-35-39-43-47-52-57-62-76(81)89-68-74(95-78(83)64-59-54-49-45-41-37-33-29-27-26-28-32-34-38-42-46-51-55-60-71(5)9-4)70-93-97(86,87)91-66-72(79)65-90-96(84,85)92-69-73(67-88-75(80)61-56-50-15-12-8-3)94-77(82)63-58-53-48-44-40-36-31-25-23-21-19-17-14-11-7-2/h20-25,30-31,71-74,79H,6-19,26-29,32-70H2,1-5H3,(H,84,85)(H,86,87)/b22-20-,23-21-,30-24-,31-25-/t71?,72-,73+,74+/m0/s1. The highest BCUT2D eigenvalue weighted by Gasteiger charge is 2.30. The van der Waals surface area contributed by atoms with Crippen LogP contribution in [0.1, 0.15) is 362 Å². The van der Waals surface area contributed by atoms with Gasteiger partial charge in [0.1, 0.15) is 19.3 Å². The summed E-state index contributed by atoms with van der Waals surface area (Å²) < 4.78 is 68.2. The number of hydrogen-bond acceptors (Lipinski definition) is 15. The lowest BCUT2D eigenvalue weighted by Gasteiger charge is -2.21. The average Bonchev–Trinajstić information content (AvgIpc) is 1.27. The molecule has 0 heterocycles. The first-order valence-electron chi connectivity index (χ1n) is 39.3. The third-order valence-electron chi connectivity index (χ3n) is 17.4. The van der Waals surface area contributed by atoms with Gasteiger partial charge < -0.3 is 33.8 Å². The van der Waals surface area contributed by atoms with E-state index in [9.17, 15) is 43.2 Å². The first-order chi connectivity index (χ1) is 47.1. The molecule has 97 heavy (non-hydrogen) atoms. The summed E-state index contributed by atoms with van der Waals surface area (Å²) in [7, 11) is -9.93. The Morgan fingerprint density at radius 1 is 0.330 bits per heavy atom. The number of allylic oxidation sites excluding steroid dienone is 8. The number of hydrogen-bond donors (Lipinski definition) is 3. The molecule has 3 unspecified atom stereocenters. The fraction of sp³-hybridized carbons (Fsp3) is 0.846. The van der Waals surface area contributed by atoms with Crippen LogP contribution < -0.4 is 0 Å². The fourth-order valence-corrected chi connectivity index (χ4v) is 12.5. The molecule has 17 nitrogen and oxygen atoms in total. The maximum absolute atomic E-state index is 13.1. The monoisotopic (exact) mass is 1410 g/mol. The predicted octanol–water partition coefficient (Wildman–Crippen LogP) is 22.4. The van der Waals surface area contributed by atoms with E-state index in [4.69, 9.17) is 37.0 Å². The van der Waals surface area contributed by atoms with Crippen LogP contribution in [0.3, 0.4) is 0 Å². The van der Waals surface area contributed by atoms with Crippen LogP contribution in [0.2, 0.25) is 0 Å². The van der Waals surface area contributed by atoms with Crippen molar-refractivity contribution in [1.82, 2.24) is 0 Å². The first-order valence-corrected chi connectivity index (χ1v) is 42.3. The zero-order valence-corrected chi connectivity index (χ0v) is 64.0. The molecule has 0 amide bonds. The minimum Gasteiger partial charge on any atom is -0.462 e. The van der Waals surface area contributed by atoms with Gasteiger partial charge in [0, 0.05) is 25.7 Å². The van der Waals surface area contributed by atoms with E-state index in [2.05, 4.69) is 83.2 Å². The summed E-state index contributed by atoms with van der Waals surface area (Å²) >= 11 is 0. The molecule has 6 atom stereocenters. The summed E-state index contributed by atoms with van der Waals surface area (Å²) in [5, 5.41) is 10.6. The van der Waals surface area contributed by atoms with E-state index >= 15 is 0 Å². The normalized spacial score (nSPS) is 14.5. The average molecular weight is 1420 g/mol. The summed E-state index contributed by atoms with van der Waals surface area (Å²) in [5.74, 6) is -1.32. The molecule has 0 fully saturated rings. The largest absolute Gasteiger partial charge is 0.472 e. The van der Waals surface area contributed by atoms with Crippen molar-refractivity contribution in [3.8, 4) is 0 Å². The number of phosphoric ester groups is 2. The van der Waals surface area contributed by atoms with Crippen LogP contribution in [0.5, 0.6) is 0 Å². The maximum Gasteiger partial charge on any atom is 0.472 e. The van der Waals surface area contributed by atoms with Crippen LogP contribution in [0.4, 0.5) is 0 Å². The zero-order valence-electron chi connectivity index (χ0n) is 62.2. The fourth-order valence-electron chi connectivity index (χ4n) is 10.9. The van der Waals surface area contributed by atoms with E-state index in [0.717, 1.165) is 134 Å². The lowest BCUT2D eigenvalue weighted by Crippen LogP contribution is -2.30. The van der Waals surface area contributed by atoms with E-state index in [-0.39, 0.29) is 25.7 Å². The highest BCUT2D eigenvalue weighted by atomic mass is 31.2. The summed E-state index contributed by atoms with van der Waals surface area (Å²) in [5.41, 5.74) is 0. The SMILES string of the molecule is CCCCCC/C=C\C=C/CCCCCCCC(=O)OC[C@H](COP(=O)(O)OC[C@@H](O)COP(=O)(O)OC[C@@H](COC(=O)CCCCCCC)OC(=O)CCCCCCC/C=C\C=C/CCCCCC)OC(=O)CCCCCCCCCCCCCCCCCCCCC(C)CC. The van der Waals surface area contributed by atoms with Crippen molar-refractivity contribution in [2.75, 3.05) is 39.6 Å². The summed E-state index contributed by atoms with van der Waals surface area (Å²) in [6, 6.07) is 0. The molecule has 19 heteroatoms. The Bertz CT molecular complexity index is 2050. The number of unbranched alkanes of at least 4 members (excludes halogenated alkanes) is 39. The van der Waals surface area contributed by atoms with Crippen LogP contribution in [-0.2, 0) is 65.4 Å². The molecule has 0 aromatic rings. The molecule has 0 aliphatic carbocycles. The van der Waals surface area contributed by atoms with Gasteiger partial charge in [-0.15, -0.1) is 0 Å². The van der Waals surface area contributed by atoms with Crippen LogP contribution in [0.15, 0.2) is 48.6 Å². The van der Waals surface area contributed by atoms with Crippen molar-refractivity contribution < 1.29 is 80.2 Å². The predicted molar refractivity (Wildman–Crippen MR) is 395 cm³/mol. The number of carbonyl (C=O) groups is 4. The van der Waals surface area contributed by atoms with Gasteiger partial charge in [0.05, 0.1) is 26.4 Å². The second-order valence-corrected chi connectivity index (χ2v) is 29.9. The third kappa shape index (κ3) is 69.9. The van der Waals surface area contributed by atoms with Crippen molar-refractivity contribution in [3.63, 3.8) is 0 Å². The Morgan fingerprint density at radius 3 is 0.876 bits per heavy atom. The van der Waals surface area contributed by atoms with Gasteiger partial charge in [0.2, 0.25) is 0 Å². The number of esters is 4. The number of rotatable bonds is 74. The van der Waals surface area contributed by atoms with Gasteiger partial charge >= 0.3 is 39.5 Å². The van der Waals surface area contributed by atoms with Gasteiger partial charge in [-0.2, -0.15) is 0 Å². The first kappa shape index (κ1) is 94.0. The molecular weight excluding hydrogens is 1270 g/mol. The van der Waals surface area contributed by atoms with Crippen LogP contribution >= 0.6 is 15.6 Å². The molecule has 0 aliphatic heterocycles. The van der Waals surface area contributed by atoms with Crippen molar-refractivity contribution in [3.05, 3.63) is 48.6 Å². The minimum atomic E-state index is -4.97. The van der Waals surface area contributed by atoms with E-state index in [1.807, 2.05) is 0 Å². The molecule has 0 bridgehead atoms. The summed E-state index contributed by atoms with van der Waals surface area (Å²) in [6.45, 7) is 7.14. The Kier molecular flexibility index (Phi) is 67.9. The van der Waals surface area contributed by atoms with E-state index in [1.165, 1.54) is 148 Å². The van der Waals surface area contributed by atoms with Gasteiger partial charge in [-0.3, -0.25) is 37.3 Å². The lowest BCUT2D eigenvalue weighted by atomic mass is 9.99. The zero-order chi connectivity index (χ0) is 71.2. The molecule has 568 valence electrons. The Hall–Kier alpha value is -2.98. The number of ether oxygens (including phenoxy) is 4. The van der Waals surface area contributed by atoms with Crippen LogP contribution in [-0.4, -0.2) is 96.7 Å². The van der Waals surface area contributed by atoms with Gasteiger partial charge in [-0.25, -0.2) is 9.13 Å². The van der Waals surface area contributed by atoms with Gasteiger partial charge in [-0.1, -0.05) is 308 Å². The van der Waals surface area contributed by atoms with Crippen molar-refractivity contribution >= 4 is 39.5 Å². The van der Waals surface area contributed by atoms with E-state index < -0.39 is 97.5 Å². The Balaban J connectivity index is 5.17. The number of carbonyl (C=O) groups excluding carboxylic acids is 4. The van der Waals surface area contributed by atoms with E-state index in [0.29, 0.717) is 25.7 Å². The molecular formula is C78H144O17P2. The molecule has 0 radical (unpaired) electrons. The molecule has 0 saturated carbocycles. The quantitative estimate of drug-likeness (QED) is 0.0169. The summed E-state index contributed by atoms with van der Waals surface area (Å²) in [6.07, 6.45) is 65.9. The molecule has 0 rings (SSSR count). The third-order valence-corrected chi connectivity index (χ3v) is 19.3. The van der Waals surface area contributed by atoms with Gasteiger partial charge in [0.15, 0.2) is 12.2 Å². The number of aliphatic hydroxyl groups excluding tert-OH is 1. The van der Waals surface area contributed by atoms with Crippen molar-refractivity contribution in [2.24, 2.45) is 5.92 Å².